The van der Waals surface area contributed by atoms with E-state index in [9.17, 15) is 0 Å². The highest BCUT2D eigenvalue weighted by Gasteiger charge is 2.08. The van der Waals surface area contributed by atoms with Crippen LogP contribution in [0.5, 0.6) is 5.75 Å². The fourth-order valence-electron chi connectivity index (χ4n) is 1.84. The number of benzene rings is 1. The van der Waals surface area contributed by atoms with Crippen LogP contribution in [0, 0.1) is 0 Å². The van der Waals surface area contributed by atoms with E-state index < -0.39 is 5.97 Å². The van der Waals surface area contributed by atoms with Gasteiger partial charge in [-0.2, -0.15) is 0 Å². The Hall–Kier alpha value is -1.55. The minimum Gasteiger partial charge on any atom is -0.497 e. The fraction of sp³-hybridized carbons (Fsp3) is 0.500. The first-order valence-electron chi connectivity index (χ1n) is 5.93. The van der Waals surface area contributed by atoms with Gasteiger partial charge in [0.1, 0.15) is 5.75 Å². The molecule has 2 N–H and O–H groups in total. The number of aliphatic hydroxyl groups is 1. The topological polar surface area (TPSA) is 66.8 Å². The van der Waals surface area contributed by atoms with Crippen LogP contribution in [-0.4, -0.2) is 30.4 Å². The number of methoxy groups -OCH3 is 1. The highest BCUT2D eigenvalue weighted by molar-refractivity contribution is 5.62. The normalized spacial score (nSPS) is 12.0. The molecule has 2 rings (SSSR count). The zero-order valence-corrected chi connectivity index (χ0v) is 11.3. The minimum atomic E-state index is -0.833. The number of rotatable bonds is 1. The summed E-state index contributed by atoms with van der Waals surface area (Å²) in [5.41, 5.74) is 3.00. The highest BCUT2D eigenvalue weighted by atomic mass is 16.5. The number of carboxylic acids is 1. The quantitative estimate of drug-likeness (QED) is 0.806. The zero-order chi connectivity index (χ0) is 14.0. The molecule has 0 fully saturated rings. The average molecular weight is 254 g/mol. The van der Waals surface area contributed by atoms with Crippen molar-refractivity contribution in [2.75, 3.05) is 14.2 Å². The molecule has 0 aliphatic heterocycles. The number of aliphatic hydroxyl groups excluding tert-OH is 1. The van der Waals surface area contributed by atoms with Gasteiger partial charge in [0.25, 0.3) is 5.97 Å². The Morgan fingerprint density at radius 1 is 1.17 bits per heavy atom. The molecule has 102 valence electrons. The first-order valence-corrected chi connectivity index (χ1v) is 5.93. The lowest BCUT2D eigenvalue weighted by atomic mass is 9.92. The lowest BCUT2D eigenvalue weighted by molar-refractivity contribution is -0.134. The second kappa shape index (κ2) is 9.48. The van der Waals surface area contributed by atoms with Crippen LogP contribution in [0.2, 0.25) is 0 Å². The van der Waals surface area contributed by atoms with Gasteiger partial charge in [0.15, 0.2) is 0 Å². The number of aryl methyl sites for hydroxylation is 2. The maximum Gasteiger partial charge on any atom is 0.300 e. The Balaban J connectivity index is 0.000000415. The van der Waals surface area contributed by atoms with E-state index in [1.165, 1.54) is 36.8 Å². The summed E-state index contributed by atoms with van der Waals surface area (Å²) in [6, 6.07) is 6.44. The Labute approximate surface area is 108 Å². The molecule has 0 radical (unpaired) electrons. The van der Waals surface area contributed by atoms with Gasteiger partial charge in [-0.05, 0) is 48.9 Å². The number of aliphatic carboxylic acids is 1. The number of hydrogen-bond acceptors (Lipinski definition) is 3. The van der Waals surface area contributed by atoms with Crippen LogP contribution >= 0.6 is 0 Å². The molecule has 0 heterocycles. The van der Waals surface area contributed by atoms with Gasteiger partial charge >= 0.3 is 0 Å². The highest BCUT2D eigenvalue weighted by Crippen LogP contribution is 2.24. The largest absolute Gasteiger partial charge is 0.497 e. The lowest BCUT2D eigenvalue weighted by Crippen LogP contribution is -2.02. The smallest absolute Gasteiger partial charge is 0.300 e. The van der Waals surface area contributed by atoms with Gasteiger partial charge in [-0.15, -0.1) is 0 Å². The van der Waals surface area contributed by atoms with Crippen LogP contribution in [0.15, 0.2) is 18.2 Å². The molecule has 1 aliphatic rings. The molecular formula is C14H22O4. The first kappa shape index (κ1) is 16.4. The molecule has 0 saturated carbocycles. The maximum atomic E-state index is 9.00. The molecule has 0 atom stereocenters. The number of fused-ring (bicyclic) bond motifs is 1. The van der Waals surface area contributed by atoms with Gasteiger partial charge in [-0.3, -0.25) is 4.79 Å². The second-order valence-electron chi connectivity index (χ2n) is 3.86. The fourth-order valence-corrected chi connectivity index (χ4v) is 1.84. The minimum absolute atomic E-state index is 0.833. The summed E-state index contributed by atoms with van der Waals surface area (Å²) in [6.07, 6.45) is 5.16. The molecule has 18 heavy (non-hydrogen) atoms. The van der Waals surface area contributed by atoms with E-state index in [1.54, 1.807) is 7.11 Å². The molecule has 4 nitrogen and oxygen atoms in total. The summed E-state index contributed by atoms with van der Waals surface area (Å²) in [7, 11) is 2.73. The zero-order valence-electron chi connectivity index (χ0n) is 11.3. The Bertz CT molecular complexity index is 357. The SMILES string of the molecule is CC(=O)O.CO.COc1ccc2c(c1)CCCC2. The van der Waals surface area contributed by atoms with Gasteiger partial charge in [0, 0.05) is 14.0 Å². The second-order valence-corrected chi connectivity index (χ2v) is 3.86. The summed E-state index contributed by atoms with van der Waals surface area (Å²) in [4.78, 5) is 9.00. The van der Waals surface area contributed by atoms with Crippen molar-refractivity contribution in [1.29, 1.82) is 0 Å². The Kier molecular flexibility index (Phi) is 8.66. The van der Waals surface area contributed by atoms with Crippen molar-refractivity contribution < 1.29 is 19.7 Å². The van der Waals surface area contributed by atoms with E-state index in [0.717, 1.165) is 19.8 Å². The summed E-state index contributed by atoms with van der Waals surface area (Å²) in [5.74, 6) is 0.163. The van der Waals surface area contributed by atoms with Gasteiger partial charge in [-0.25, -0.2) is 0 Å². The predicted octanol–water partition coefficient (Wildman–Crippen LogP) is 2.27. The Morgan fingerprint density at radius 3 is 2.17 bits per heavy atom. The molecule has 0 aromatic heterocycles. The third kappa shape index (κ3) is 6.25. The number of hydrogen-bond donors (Lipinski definition) is 2. The van der Waals surface area contributed by atoms with Crippen molar-refractivity contribution in [3.63, 3.8) is 0 Å². The maximum absolute atomic E-state index is 9.00. The Morgan fingerprint density at radius 2 is 1.67 bits per heavy atom. The molecular weight excluding hydrogens is 232 g/mol. The monoisotopic (exact) mass is 254 g/mol. The standard InChI is InChI=1S/C11H14O.C2H4O2.CH4O/c1-12-11-7-6-9-4-2-3-5-10(9)8-11;1-2(3)4;1-2/h6-8H,2-5H2,1H3;1H3,(H,3,4);2H,1H3. The molecule has 0 unspecified atom stereocenters. The molecule has 1 aromatic carbocycles. The predicted molar refractivity (Wildman–Crippen MR) is 71.1 cm³/mol. The molecule has 4 heteroatoms. The number of carboxylic acid groups (broad SMARTS) is 1. The van der Waals surface area contributed by atoms with E-state index >= 15 is 0 Å². The summed E-state index contributed by atoms with van der Waals surface area (Å²) >= 11 is 0. The summed E-state index contributed by atoms with van der Waals surface area (Å²) < 4.78 is 5.18. The molecule has 1 aromatic rings. The van der Waals surface area contributed by atoms with Gasteiger partial charge in [0.05, 0.1) is 7.11 Å². The first-order chi connectivity index (χ1) is 8.63. The van der Waals surface area contributed by atoms with Crippen LogP contribution < -0.4 is 4.74 Å². The van der Waals surface area contributed by atoms with Crippen molar-refractivity contribution >= 4 is 5.97 Å². The molecule has 0 saturated heterocycles. The molecule has 0 spiro atoms. The van der Waals surface area contributed by atoms with Crippen molar-refractivity contribution in [3.8, 4) is 5.75 Å². The van der Waals surface area contributed by atoms with Crippen molar-refractivity contribution in [3.05, 3.63) is 29.3 Å². The van der Waals surface area contributed by atoms with Crippen molar-refractivity contribution in [2.45, 2.75) is 32.6 Å². The third-order valence-corrected chi connectivity index (χ3v) is 2.56. The van der Waals surface area contributed by atoms with E-state index in [2.05, 4.69) is 18.2 Å². The third-order valence-electron chi connectivity index (χ3n) is 2.56. The van der Waals surface area contributed by atoms with Crippen LogP contribution in [0.25, 0.3) is 0 Å². The number of ether oxygens (including phenoxy) is 1. The summed E-state index contributed by atoms with van der Waals surface area (Å²) in [6.45, 7) is 1.08. The molecule has 0 bridgehead atoms. The van der Waals surface area contributed by atoms with Crippen LogP contribution in [0.3, 0.4) is 0 Å². The van der Waals surface area contributed by atoms with Crippen LogP contribution in [0.4, 0.5) is 0 Å². The summed E-state index contributed by atoms with van der Waals surface area (Å²) in [5, 5.41) is 14.4. The van der Waals surface area contributed by atoms with Crippen LogP contribution in [0.1, 0.15) is 30.9 Å². The molecule has 1 aliphatic carbocycles. The van der Waals surface area contributed by atoms with E-state index in [-0.39, 0.29) is 0 Å². The van der Waals surface area contributed by atoms with Gasteiger partial charge in [-0.1, -0.05) is 6.07 Å². The average Bonchev–Trinajstić information content (AvgIpc) is 2.40. The van der Waals surface area contributed by atoms with E-state index in [1.807, 2.05) is 0 Å². The van der Waals surface area contributed by atoms with Crippen molar-refractivity contribution in [1.82, 2.24) is 0 Å². The van der Waals surface area contributed by atoms with E-state index in [4.69, 9.17) is 19.7 Å². The van der Waals surface area contributed by atoms with Gasteiger partial charge < -0.3 is 14.9 Å². The van der Waals surface area contributed by atoms with Crippen molar-refractivity contribution in [2.24, 2.45) is 0 Å². The lowest BCUT2D eigenvalue weighted by Gasteiger charge is -2.15. The van der Waals surface area contributed by atoms with E-state index in [0.29, 0.717) is 0 Å². The molecule has 0 amide bonds. The van der Waals surface area contributed by atoms with Gasteiger partial charge in [0.2, 0.25) is 0 Å². The van der Waals surface area contributed by atoms with Crippen LogP contribution in [-0.2, 0) is 17.6 Å². The number of carbonyl (C=O) groups is 1.